The summed E-state index contributed by atoms with van der Waals surface area (Å²) in [5, 5.41) is 3.03. The number of primary amides is 1. The van der Waals surface area contributed by atoms with Crippen LogP contribution in [0.1, 0.15) is 27.2 Å². The Labute approximate surface area is 150 Å². The highest BCUT2D eigenvalue weighted by molar-refractivity contribution is 8.00. The maximum atomic E-state index is 12.2. The fourth-order valence-corrected chi connectivity index (χ4v) is 3.71. The van der Waals surface area contributed by atoms with Gasteiger partial charge in [-0.3, -0.25) is 10.1 Å². The van der Waals surface area contributed by atoms with E-state index in [0.717, 1.165) is 29.2 Å². The van der Waals surface area contributed by atoms with Crippen LogP contribution in [0.15, 0.2) is 23.4 Å². The molecule has 0 saturated carbocycles. The first-order valence-electron chi connectivity index (χ1n) is 7.76. The Balaban J connectivity index is 2.40. The minimum absolute atomic E-state index is 0.00725. The van der Waals surface area contributed by atoms with E-state index >= 15 is 0 Å². The second kappa shape index (κ2) is 7.90. The second-order valence-corrected chi connectivity index (χ2v) is 7.36. The van der Waals surface area contributed by atoms with Gasteiger partial charge in [-0.05, 0) is 30.5 Å². The molecule has 130 valence electrons. The van der Waals surface area contributed by atoms with Gasteiger partial charge < -0.3 is 10.3 Å². The summed E-state index contributed by atoms with van der Waals surface area (Å²) in [4.78, 5) is 27.9. The van der Waals surface area contributed by atoms with E-state index in [-0.39, 0.29) is 5.92 Å². The number of imidazole rings is 1. The van der Waals surface area contributed by atoms with Crippen LogP contribution in [0.2, 0.25) is 5.02 Å². The van der Waals surface area contributed by atoms with Gasteiger partial charge in [0, 0.05) is 11.6 Å². The lowest BCUT2D eigenvalue weighted by Crippen LogP contribution is -2.42. The standard InChI is InChI=1S/C16H21ClN4O2S/c1-4-7-21-12-6-5-10(17)8-11(12)19-16(21)24-13(9(2)3)14(22)20-15(18)23/h5-6,8-9,13H,4,7H2,1-3H3,(H3,18,20,22,23)/t13-/m1/s1. The Morgan fingerprint density at radius 2 is 2.12 bits per heavy atom. The van der Waals surface area contributed by atoms with Crippen molar-refractivity contribution in [1.29, 1.82) is 0 Å². The summed E-state index contributed by atoms with van der Waals surface area (Å²) < 4.78 is 2.07. The Kier molecular flexibility index (Phi) is 6.12. The highest BCUT2D eigenvalue weighted by Crippen LogP contribution is 2.32. The van der Waals surface area contributed by atoms with Crippen LogP contribution in [0.3, 0.4) is 0 Å². The molecule has 24 heavy (non-hydrogen) atoms. The number of aryl methyl sites for hydroxylation is 1. The molecule has 1 atom stereocenters. The van der Waals surface area contributed by atoms with Gasteiger partial charge >= 0.3 is 6.03 Å². The molecule has 3 amide bonds. The Morgan fingerprint density at radius 1 is 1.42 bits per heavy atom. The summed E-state index contributed by atoms with van der Waals surface area (Å²) in [5.41, 5.74) is 6.83. The third-order valence-electron chi connectivity index (χ3n) is 3.47. The molecule has 0 radical (unpaired) electrons. The number of carbonyl (C=O) groups is 2. The van der Waals surface area contributed by atoms with Crippen LogP contribution in [-0.2, 0) is 11.3 Å². The maximum absolute atomic E-state index is 12.2. The molecule has 0 aliphatic carbocycles. The van der Waals surface area contributed by atoms with E-state index in [0.29, 0.717) is 5.02 Å². The van der Waals surface area contributed by atoms with Gasteiger partial charge in [0.2, 0.25) is 5.91 Å². The zero-order valence-corrected chi connectivity index (χ0v) is 15.4. The summed E-state index contributed by atoms with van der Waals surface area (Å²) in [7, 11) is 0. The normalized spacial score (nSPS) is 12.5. The van der Waals surface area contributed by atoms with Crippen LogP contribution in [-0.4, -0.2) is 26.7 Å². The second-order valence-electron chi connectivity index (χ2n) is 5.82. The van der Waals surface area contributed by atoms with Gasteiger partial charge in [-0.1, -0.05) is 44.1 Å². The Morgan fingerprint density at radius 3 is 2.71 bits per heavy atom. The molecular formula is C16H21ClN4O2S. The quantitative estimate of drug-likeness (QED) is 0.764. The summed E-state index contributed by atoms with van der Waals surface area (Å²) in [5.74, 6) is -0.400. The molecular weight excluding hydrogens is 348 g/mol. The molecule has 1 aromatic heterocycles. The summed E-state index contributed by atoms with van der Waals surface area (Å²) >= 11 is 7.38. The topological polar surface area (TPSA) is 90.0 Å². The minimum Gasteiger partial charge on any atom is -0.351 e. The van der Waals surface area contributed by atoms with Crippen LogP contribution in [0.25, 0.3) is 11.0 Å². The van der Waals surface area contributed by atoms with Gasteiger partial charge in [0.25, 0.3) is 0 Å². The number of fused-ring (bicyclic) bond motifs is 1. The smallest absolute Gasteiger partial charge is 0.318 e. The first-order chi connectivity index (χ1) is 11.3. The number of nitrogens with zero attached hydrogens (tertiary/aromatic N) is 2. The molecule has 8 heteroatoms. The largest absolute Gasteiger partial charge is 0.351 e. The predicted molar refractivity (Wildman–Crippen MR) is 97.2 cm³/mol. The lowest BCUT2D eigenvalue weighted by atomic mass is 10.1. The lowest BCUT2D eigenvalue weighted by molar-refractivity contribution is -0.120. The number of thioether (sulfide) groups is 1. The Hall–Kier alpha value is -1.73. The third-order valence-corrected chi connectivity index (χ3v) is 5.24. The number of urea groups is 1. The number of nitrogens with one attached hydrogen (secondary N) is 1. The summed E-state index contributed by atoms with van der Waals surface area (Å²) in [6.07, 6.45) is 0.932. The van der Waals surface area contributed by atoms with Crippen molar-refractivity contribution in [3.63, 3.8) is 0 Å². The zero-order valence-electron chi connectivity index (χ0n) is 13.9. The van der Waals surface area contributed by atoms with E-state index in [1.165, 1.54) is 11.8 Å². The van der Waals surface area contributed by atoms with Gasteiger partial charge in [-0.15, -0.1) is 0 Å². The number of carbonyl (C=O) groups excluding carboxylic acids is 2. The molecule has 3 N–H and O–H groups in total. The lowest BCUT2D eigenvalue weighted by Gasteiger charge is -2.19. The number of amides is 3. The fourth-order valence-electron chi connectivity index (χ4n) is 2.41. The molecule has 0 bridgehead atoms. The predicted octanol–water partition coefficient (Wildman–Crippen LogP) is 3.41. The first kappa shape index (κ1) is 18.6. The first-order valence-corrected chi connectivity index (χ1v) is 9.02. The number of rotatable bonds is 6. The molecule has 1 aromatic carbocycles. The van der Waals surface area contributed by atoms with E-state index in [1.807, 2.05) is 26.0 Å². The van der Waals surface area contributed by atoms with Gasteiger partial charge in [0.15, 0.2) is 5.16 Å². The molecule has 0 aliphatic heterocycles. The number of nitrogens with two attached hydrogens (primary N) is 1. The van der Waals surface area contributed by atoms with Gasteiger partial charge in [0.1, 0.15) is 0 Å². The van der Waals surface area contributed by atoms with E-state index in [4.69, 9.17) is 17.3 Å². The third kappa shape index (κ3) is 4.21. The molecule has 1 heterocycles. The molecule has 0 unspecified atom stereocenters. The van der Waals surface area contributed by atoms with Crippen molar-refractivity contribution in [2.24, 2.45) is 11.7 Å². The van der Waals surface area contributed by atoms with Crippen LogP contribution in [0.4, 0.5) is 4.79 Å². The van der Waals surface area contributed by atoms with E-state index in [9.17, 15) is 9.59 Å². The van der Waals surface area contributed by atoms with Crippen molar-refractivity contribution in [1.82, 2.24) is 14.9 Å². The molecule has 2 rings (SSSR count). The van der Waals surface area contributed by atoms with Crippen molar-refractivity contribution in [2.45, 2.75) is 44.1 Å². The number of benzene rings is 1. The van der Waals surface area contributed by atoms with Crippen LogP contribution >= 0.6 is 23.4 Å². The maximum Gasteiger partial charge on any atom is 0.318 e. The van der Waals surface area contributed by atoms with Crippen LogP contribution in [0, 0.1) is 5.92 Å². The SMILES string of the molecule is CCCn1c(S[C@@H](C(=O)NC(N)=O)C(C)C)nc2cc(Cl)ccc21. The Bertz CT molecular complexity index is 760. The summed E-state index contributed by atoms with van der Waals surface area (Å²) in [6.45, 7) is 6.70. The number of aromatic nitrogens is 2. The average Bonchev–Trinajstić information content (AvgIpc) is 2.81. The minimum atomic E-state index is -0.847. The monoisotopic (exact) mass is 368 g/mol. The molecule has 0 spiro atoms. The number of hydrogen-bond donors (Lipinski definition) is 2. The zero-order chi connectivity index (χ0) is 17.9. The number of halogens is 1. The highest BCUT2D eigenvalue weighted by Gasteiger charge is 2.27. The van der Waals surface area contributed by atoms with E-state index < -0.39 is 17.2 Å². The average molecular weight is 369 g/mol. The van der Waals surface area contributed by atoms with Crippen LogP contribution < -0.4 is 11.1 Å². The van der Waals surface area contributed by atoms with Crippen LogP contribution in [0.5, 0.6) is 0 Å². The van der Waals surface area contributed by atoms with E-state index in [2.05, 4.69) is 21.8 Å². The van der Waals surface area contributed by atoms with Gasteiger partial charge in [-0.25, -0.2) is 9.78 Å². The van der Waals surface area contributed by atoms with Crippen molar-refractivity contribution in [2.75, 3.05) is 0 Å². The van der Waals surface area contributed by atoms with Crippen molar-refractivity contribution >= 4 is 46.3 Å². The van der Waals surface area contributed by atoms with Crippen molar-refractivity contribution < 1.29 is 9.59 Å². The fraction of sp³-hybridized carbons (Fsp3) is 0.438. The van der Waals surface area contributed by atoms with Gasteiger partial charge in [0.05, 0.1) is 16.3 Å². The number of imide groups is 1. The van der Waals surface area contributed by atoms with E-state index in [1.54, 1.807) is 6.07 Å². The highest BCUT2D eigenvalue weighted by atomic mass is 35.5. The number of hydrogen-bond acceptors (Lipinski definition) is 4. The van der Waals surface area contributed by atoms with Crippen molar-refractivity contribution in [3.05, 3.63) is 23.2 Å². The van der Waals surface area contributed by atoms with Crippen molar-refractivity contribution in [3.8, 4) is 0 Å². The molecule has 2 aromatic rings. The molecule has 0 saturated heterocycles. The van der Waals surface area contributed by atoms with Gasteiger partial charge in [-0.2, -0.15) is 0 Å². The molecule has 0 fully saturated rings. The molecule has 6 nitrogen and oxygen atoms in total. The summed E-state index contributed by atoms with van der Waals surface area (Å²) in [6, 6.07) is 4.71. The molecule has 0 aliphatic rings.